The van der Waals surface area contributed by atoms with Crippen LogP contribution in [0.2, 0.25) is 5.02 Å². The average molecular weight is 482 g/mol. The molecule has 0 radical (unpaired) electrons. The third kappa shape index (κ3) is 7.41. The molecule has 2 rings (SSSR count). The Balaban J connectivity index is 2.12. The fraction of sp³-hybridized carbons (Fsp3) is 0.545. The molecule has 1 aromatic carbocycles. The summed E-state index contributed by atoms with van der Waals surface area (Å²) in [6.07, 6.45) is 1.75. The van der Waals surface area contributed by atoms with E-state index in [1.807, 2.05) is 30.5 Å². The number of carbonyl (C=O) groups is 2. The Bertz CT molecular complexity index is 901. The largest absolute Gasteiger partial charge is 0.484 e. The van der Waals surface area contributed by atoms with Crippen LogP contribution in [0.15, 0.2) is 29.4 Å². The van der Waals surface area contributed by atoms with Crippen molar-refractivity contribution < 1.29 is 14.3 Å². The summed E-state index contributed by atoms with van der Waals surface area (Å²) >= 11 is 7.45. The number of nitrogens with zero attached hydrogens (tertiary/aromatic N) is 3. The first-order valence-corrected chi connectivity index (χ1v) is 12.1. The minimum atomic E-state index is -0.533. The molecule has 0 bridgehead atoms. The first kappa shape index (κ1) is 26.0. The van der Waals surface area contributed by atoms with Crippen molar-refractivity contribution in [1.82, 2.24) is 25.4 Å². The molecule has 0 aliphatic carbocycles. The van der Waals surface area contributed by atoms with Crippen LogP contribution >= 0.6 is 23.4 Å². The van der Waals surface area contributed by atoms with Gasteiger partial charge in [-0.05, 0) is 37.8 Å². The summed E-state index contributed by atoms with van der Waals surface area (Å²) in [6, 6.07) is 6.92. The number of halogens is 1. The lowest BCUT2D eigenvalue weighted by Crippen LogP contribution is -2.43. The molecule has 0 spiro atoms. The van der Waals surface area contributed by atoms with Crippen LogP contribution in [0.5, 0.6) is 5.75 Å². The zero-order valence-electron chi connectivity index (χ0n) is 19.2. The highest BCUT2D eigenvalue weighted by atomic mass is 35.5. The Morgan fingerprint density at radius 3 is 2.47 bits per heavy atom. The monoisotopic (exact) mass is 481 g/mol. The molecule has 0 saturated carbocycles. The van der Waals surface area contributed by atoms with E-state index in [4.69, 9.17) is 16.3 Å². The Kier molecular flexibility index (Phi) is 10.3. The molecule has 2 aromatic rings. The normalized spacial score (nSPS) is 12.1. The molecule has 1 unspecified atom stereocenters. The van der Waals surface area contributed by atoms with Crippen LogP contribution < -0.4 is 15.4 Å². The summed E-state index contributed by atoms with van der Waals surface area (Å²) in [6.45, 7) is 10.6. The maximum atomic E-state index is 12.5. The quantitative estimate of drug-likeness (QED) is 0.446. The van der Waals surface area contributed by atoms with Crippen LogP contribution in [0, 0.1) is 5.92 Å². The molecule has 8 nitrogen and oxygen atoms in total. The predicted molar refractivity (Wildman–Crippen MR) is 127 cm³/mol. The molecule has 32 heavy (non-hydrogen) atoms. The van der Waals surface area contributed by atoms with E-state index in [1.165, 1.54) is 11.8 Å². The number of thioether (sulfide) groups is 1. The molecule has 176 valence electrons. The number of para-hydroxylation sites is 1. The van der Waals surface area contributed by atoms with Gasteiger partial charge in [0.25, 0.3) is 0 Å². The Hall–Kier alpha value is -2.26. The molecular formula is C22H32ClN5O3S. The van der Waals surface area contributed by atoms with Crippen LogP contribution in [0.3, 0.4) is 0 Å². The fourth-order valence-electron chi connectivity index (χ4n) is 2.98. The van der Waals surface area contributed by atoms with Crippen LogP contribution in [0.25, 0.3) is 0 Å². The van der Waals surface area contributed by atoms with Crippen molar-refractivity contribution in [2.45, 2.75) is 70.5 Å². The minimum Gasteiger partial charge on any atom is -0.484 e. The van der Waals surface area contributed by atoms with E-state index in [0.717, 1.165) is 12.8 Å². The van der Waals surface area contributed by atoms with E-state index in [1.54, 1.807) is 19.1 Å². The summed E-state index contributed by atoms with van der Waals surface area (Å²) in [4.78, 5) is 24.4. The third-order valence-corrected chi connectivity index (χ3v) is 6.16. The molecule has 0 fully saturated rings. The predicted octanol–water partition coefficient (Wildman–Crippen LogP) is 4.83. The molecule has 0 aliphatic rings. The lowest BCUT2D eigenvalue weighted by Gasteiger charge is -2.20. The van der Waals surface area contributed by atoms with E-state index in [9.17, 15) is 9.59 Å². The molecule has 1 atom stereocenters. The van der Waals surface area contributed by atoms with Crippen LogP contribution in [-0.4, -0.2) is 38.5 Å². The molecular weight excluding hydrogens is 450 g/mol. The number of ether oxygens (including phenoxy) is 1. The van der Waals surface area contributed by atoms with E-state index in [0.29, 0.717) is 34.2 Å². The van der Waals surface area contributed by atoms with Crippen molar-refractivity contribution in [3.8, 4) is 5.75 Å². The standard InChI is InChI=1S/C22H32ClN5O3S/c1-6-16(7-2)28-19(13-31-18-11-9-8-10-17(18)23)26-27-22(28)32-15(5)20(29)25-21(30)24-12-14(3)4/h8-11,14-16H,6-7,12-13H2,1-5H3,(H2,24,25,29,30). The van der Waals surface area contributed by atoms with Crippen molar-refractivity contribution in [3.63, 3.8) is 0 Å². The summed E-state index contributed by atoms with van der Waals surface area (Å²) < 4.78 is 7.89. The SMILES string of the molecule is CCC(CC)n1c(COc2ccccc2Cl)nnc1SC(C)C(=O)NC(=O)NCC(C)C. The minimum absolute atomic E-state index is 0.155. The summed E-state index contributed by atoms with van der Waals surface area (Å²) in [5.41, 5.74) is 0. The van der Waals surface area contributed by atoms with Gasteiger partial charge in [0.1, 0.15) is 12.4 Å². The maximum Gasteiger partial charge on any atom is 0.321 e. The van der Waals surface area contributed by atoms with Gasteiger partial charge in [-0.25, -0.2) is 4.79 Å². The zero-order chi connectivity index (χ0) is 23.7. The second-order valence-corrected chi connectivity index (χ2v) is 9.53. The van der Waals surface area contributed by atoms with Crippen molar-refractivity contribution in [2.24, 2.45) is 5.92 Å². The Labute approximate surface area is 198 Å². The van der Waals surface area contributed by atoms with E-state index >= 15 is 0 Å². The summed E-state index contributed by atoms with van der Waals surface area (Å²) in [5, 5.41) is 14.3. The Morgan fingerprint density at radius 2 is 1.84 bits per heavy atom. The summed E-state index contributed by atoms with van der Waals surface area (Å²) in [5.74, 6) is 1.14. The van der Waals surface area contributed by atoms with Gasteiger partial charge in [-0.15, -0.1) is 10.2 Å². The molecule has 0 aliphatic heterocycles. The highest BCUT2D eigenvalue weighted by Crippen LogP contribution is 2.30. The fourth-order valence-corrected chi connectivity index (χ4v) is 4.11. The van der Waals surface area contributed by atoms with E-state index in [2.05, 4.69) is 34.7 Å². The van der Waals surface area contributed by atoms with Crippen molar-refractivity contribution in [3.05, 3.63) is 35.1 Å². The lowest BCUT2D eigenvalue weighted by molar-refractivity contribution is -0.119. The van der Waals surface area contributed by atoms with Gasteiger partial charge in [0.05, 0.1) is 10.3 Å². The van der Waals surface area contributed by atoms with Gasteiger partial charge in [-0.2, -0.15) is 0 Å². The van der Waals surface area contributed by atoms with Crippen molar-refractivity contribution >= 4 is 35.3 Å². The summed E-state index contributed by atoms with van der Waals surface area (Å²) in [7, 11) is 0. The Morgan fingerprint density at radius 1 is 1.16 bits per heavy atom. The molecule has 1 heterocycles. The highest BCUT2D eigenvalue weighted by Gasteiger charge is 2.24. The first-order chi connectivity index (χ1) is 15.3. The molecule has 2 N–H and O–H groups in total. The maximum absolute atomic E-state index is 12.5. The number of rotatable bonds is 11. The van der Waals surface area contributed by atoms with Crippen LogP contribution in [-0.2, 0) is 11.4 Å². The smallest absolute Gasteiger partial charge is 0.321 e. The van der Waals surface area contributed by atoms with Crippen molar-refractivity contribution in [1.29, 1.82) is 0 Å². The second kappa shape index (κ2) is 12.7. The number of hydrogen-bond donors (Lipinski definition) is 2. The molecule has 3 amide bonds. The second-order valence-electron chi connectivity index (χ2n) is 7.81. The average Bonchev–Trinajstić information content (AvgIpc) is 3.15. The number of hydrogen-bond acceptors (Lipinski definition) is 6. The van der Waals surface area contributed by atoms with Gasteiger partial charge >= 0.3 is 6.03 Å². The van der Waals surface area contributed by atoms with Crippen molar-refractivity contribution in [2.75, 3.05) is 6.54 Å². The number of imide groups is 1. The topological polar surface area (TPSA) is 98.1 Å². The number of nitrogens with one attached hydrogen (secondary N) is 2. The zero-order valence-corrected chi connectivity index (χ0v) is 20.8. The van der Waals surface area contributed by atoms with Gasteiger partial charge in [0.15, 0.2) is 11.0 Å². The van der Waals surface area contributed by atoms with E-state index in [-0.39, 0.29) is 18.6 Å². The number of amides is 3. The van der Waals surface area contributed by atoms with Gasteiger partial charge in [0, 0.05) is 12.6 Å². The molecule has 1 aromatic heterocycles. The number of benzene rings is 1. The van der Waals surface area contributed by atoms with E-state index < -0.39 is 11.3 Å². The van der Waals surface area contributed by atoms with Gasteiger partial charge in [-0.1, -0.05) is 63.2 Å². The number of aromatic nitrogens is 3. The highest BCUT2D eigenvalue weighted by molar-refractivity contribution is 8.00. The van der Waals surface area contributed by atoms with Gasteiger partial charge < -0.3 is 14.6 Å². The number of carbonyl (C=O) groups excluding carboxylic acids is 2. The van der Waals surface area contributed by atoms with Crippen LogP contribution in [0.1, 0.15) is 59.3 Å². The molecule has 10 heteroatoms. The number of urea groups is 1. The first-order valence-electron chi connectivity index (χ1n) is 10.8. The third-order valence-electron chi connectivity index (χ3n) is 4.80. The van der Waals surface area contributed by atoms with Crippen LogP contribution in [0.4, 0.5) is 4.79 Å². The van der Waals surface area contributed by atoms with Gasteiger partial charge in [0.2, 0.25) is 5.91 Å². The molecule has 0 saturated heterocycles. The lowest BCUT2D eigenvalue weighted by atomic mass is 10.2. The van der Waals surface area contributed by atoms with Gasteiger partial charge in [-0.3, -0.25) is 10.1 Å².